The Morgan fingerprint density at radius 2 is 2.17 bits per heavy atom. The van der Waals surface area contributed by atoms with E-state index < -0.39 is 21.8 Å². The number of rotatable bonds is 8. The molecule has 1 aliphatic rings. The van der Waals surface area contributed by atoms with Gasteiger partial charge >= 0.3 is 5.97 Å². The van der Waals surface area contributed by atoms with Crippen molar-refractivity contribution in [1.82, 2.24) is 14.6 Å². The lowest BCUT2D eigenvalue weighted by Gasteiger charge is -2.32. The average Bonchev–Trinajstić information content (AvgIpc) is 2.70. The number of allylic oxidation sites excluding steroid dienone is 2. The summed E-state index contributed by atoms with van der Waals surface area (Å²) >= 11 is 6.30. The molecule has 0 unspecified atom stereocenters. The summed E-state index contributed by atoms with van der Waals surface area (Å²) in [5, 5.41) is 3.60. The summed E-state index contributed by atoms with van der Waals surface area (Å²) in [4.78, 5) is 15.3. The summed E-state index contributed by atoms with van der Waals surface area (Å²) in [5.74, 6) is -1.50. The predicted molar refractivity (Wildman–Crippen MR) is 114 cm³/mol. The fraction of sp³-hybridized carbons (Fsp3) is 0.400. The zero-order chi connectivity index (χ0) is 22.5. The van der Waals surface area contributed by atoms with Gasteiger partial charge in [-0.15, -0.1) is 0 Å². The van der Waals surface area contributed by atoms with Gasteiger partial charge in [-0.3, -0.25) is 9.78 Å². The van der Waals surface area contributed by atoms with Crippen molar-refractivity contribution >= 4 is 33.3 Å². The van der Waals surface area contributed by atoms with Gasteiger partial charge in [0.1, 0.15) is 5.82 Å². The van der Waals surface area contributed by atoms with Crippen molar-refractivity contribution in [3.8, 4) is 0 Å². The molecule has 0 saturated heterocycles. The molecule has 1 atom stereocenters. The van der Waals surface area contributed by atoms with Crippen LogP contribution in [-0.2, 0) is 19.6 Å². The number of carbonyl (C=O) groups excluding carboxylic acids is 1. The van der Waals surface area contributed by atoms with Gasteiger partial charge in [-0.1, -0.05) is 31.2 Å². The van der Waals surface area contributed by atoms with Crippen LogP contribution in [0.2, 0.25) is 0 Å². The van der Waals surface area contributed by atoms with E-state index in [0.717, 1.165) is 11.8 Å². The van der Waals surface area contributed by atoms with Crippen LogP contribution < -0.4 is 5.32 Å². The first kappa shape index (κ1) is 24.0. The molecule has 0 radical (unpaired) electrons. The number of ether oxygens (including phenoxy) is 1. The normalized spacial score (nSPS) is 18.3. The third kappa shape index (κ3) is 6.13. The number of methoxy groups -OCH3 is 1. The number of aromatic nitrogens is 1. The summed E-state index contributed by atoms with van der Waals surface area (Å²) in [5.41, 5.74) is 2.34. The second-order valence-electron chi connectivity index (χ2n) is 6.89. The predicted octanol–water partition coefficient (Wildman–Crippen LogP) is 3.02. The van der Waals surface area contributed by atoms with Crippen LogP contribution in [0.15, 0.2) is 47.3 Å². The van der Waals surface area contributed by atoms with E-state index in [1.54, 1.807) is 13.0 Å². The van der Waals surface area contributed by atoms with Crippen LogP contribution in [0.5, 0.6) is 0 Å². The molecule has 0 aliphatic carbocycles. The van der Waals surface area contributed by atoms with E-state index >= 15 is 0 Å². The molecule has 164 valence electrons. The number of nitrogens with zero attached hydrogens (tertiary/aromatic N) is 2. The number of hydrogen-bond donors (Lipinski definition) is 1. The lowest BCUT2D eigenvalue weighted by molar-refractivity contribution is -0.140. The van der Waals surface area contributed by atoms with Crippen molar-refractivity contribution in [2.24, 2.45) is 5.92 Å². The van der Waals surface area contributed by atoms with E-state index in [1.165, 1.54) is 23.5 Å². The van der Waals surface area contributed by atoms with Gasteiger partial charge in [0.15, 0.2) is 0 Å². The Morgan fingerprint density at radius 3 is 2.70 bits per heavy atom. The van der Waals surface area contributed by atoms with Gasteiger partial charge in [0.05, 0.1) is 42.6 Å². The van der Waals surface area contributed by atoms with Gasteiger partial charge in [-0.25, -0.2) is 12.8 Å². The highest BCUT2D eigenvalue weighted by Gasteiger charge is 2.30. The minimum atomic E-state index is -3.61. The van der Waals surface area contributed by atoms with Crippen molar-refractivity contribution in [2.45, 2.75) is 20.3 Å². The van der Waals surface area contributed by atoms with Crippen LogP contribution in [0.25, 0.3) is 5.70 Å². The standard InChI is InChI=1S/C20H25ClFN3O4S/c1-13-12-25(30(27,28)10-8-19(26)29-4)9-7-17(13)20(14(2)21)24-15(3)18-6-5-16(22)11-23-18/h5-7,11,13,24H,3,8-10,12H2,1-2,4H3/b20-14+/t13-/m1/s1. The maximum Gasteiger partial charge on any atom is 0.306 e. The van der Waals surface area contributed by atoms with Gasteiger partial charge in [-0.2, -0.15) is 4.31 Å². The Hall–Kier alpha value is -2.23. The maximum atomic E-state index is 13.1. The third-order valence-electron chi connectivity index (χ3n) is 4.65. The number of pyridine rings is 1. The lowest BCUT2D eigenvalue weighted by atomic mass is 9.94. The van der Waals surface area contributed by atoms with Crippen molar-refractivity contribution < 1.29 is 22.3 Å². The monoisotopic (exact) mass is 457 g/mol. The second kappa shape index (κ2) is 10.2. The Bertz CT molecular complexity index is 970. The first-order valence-electron chi connectivity index (χ1n) is 9.24. The fourth-order valence-corrected chi connectivity index (χ4v) is 4.62. The van der Waals surface area contributed by atoms with Crippen LogP contribution in [-0.4, -0.2) is 49.6 Å². The number of esters is 1. The van der Waals surface area contributed by atoms with Gasteiger partial charge < -0.3 is 10.1 Å². The molecule has 2 rings (SSSR count). The number of hydrogen-bond acceptors (Lipinski definition) is 6. The topological polar surface area (TPSA) is 88.6 Å². The minimum Gasteiger partial charge on any atom is -0.469 e. The Morgan fingerprint density at radius 1 is 1.47 bits per heavy atom. The van der Waals surface area contributed by atoms with Crippen molar-refractivity contribution in [1.29, 1.82) is 0 Å². The molecule has 1 aliphatic heterocycles. The molecule has 2 heterocycles. The molecule has 1 N–H and O–H groups in total. The van der Waals surface area contributed by atoms with E-state index in [-0.39, 0.29) is 31.2 Å². The molecule has 0 bridgehead atoms. The van der Waals surface area contributed by atoms with E-state index in [2.05, 4.69) is 21.6 Å². The molecule has 1 aromatic rings. The third-order valence-corrected chi connectivity index (χ3v) is 6.65. The van der Waals surface area contributed by atoms with Gasteiger partial charge in [-0.05, 0) is 30.5 Å². The van der Waals surface area contributed by atoms with Crippen LogP contribution in [0.1, 0.15) is 26.0 Å². The quantitative estimate of drug-likeness (QED) is 0.603. The van der Waals surface area contributed by atoms with Crippen LogP contribution >= 0.6 is 11.6 Å². The second-order valence-corrected chi connectivity index (χ2v) is 9.55. The van der Waals surface area contributed by atoms with Crippen molar-refractivity contribution in [3.05, 3.63) is 58.8 Å². The summed E-state index contributed by atoms with van der Waals surface area (Å²) < 4.78 is 44.0. The summed E-state index contributed by atoms with van der Waals surface area (Å²) in [7, 11) is -2.39. The Balaban J connectivity index is 2.16. The molecule has 1 aromatic heterocycles. The molecule has 7 nitrogen and oxygen atoms in total. The highest BCUT2D eigenvalue weighted by Crippen LogP contribution is 2.29. The fourth-order valence-electron chi connectivity index (χ4n) is 3.03. The average molecular weight is 458 g/mol. The summed E-state index contributed by atoms with van der Waals surface area (Å²) in [6.07, 6.45) is 2.68. The highest BCUT2D eigenvalue weighted by atomic mass is 35.5. The lowest BCUT2D eigenvalue weighted by Crippen LogP contribution is -2.41. The van der Waals surface area contributed by atoms with E-state index in [9.17, 15) is 17.6 Å². The largest absolute Gasteiger partial charge is 0.469 e. The molecule has 30 heavy (non-hydrogen) atoms. The van der Waals surface area contributed by atoms with Gasteiger partial charge in [0.2, 0.25) is 10.0 Å². The molecule has 0 aromatic carbocycles. The molecule has 0 amide bonds. The molecular weight excluding hydrogens is 433 g/mol. The minimum absolute atomic E-state index is 0.153. The van der Waals surface area contributed by atoms with Gasteiger partial charge in [0.25, 0.3) is 0 Å². The van der Waals surface area contributed by atoms with Gasteiger partial charge in [0, 0.05) is 18.1 Å². The smallest absolute Gasteiger partial charge is 0.306 e. The Kier molecular flexibility index (Phi) is 8.17. The molecule has 0 spiro atoms. The summed E-state index contributed by atoms with van der Waals surface area (Å²) in [6, 6.07) is 2.78. The van der Waals surface area contributed by atoms with Crippen LogP contribution in [0.4, 0.5) is 4.39 Å². The number of carbonyl (C=O) groups is 1. The zero-order valence-corrected chi connectivity index (χ0v) is 18.7. The zero-order valence-electron chi connectivity index (χ0n) is 17.1. The van der Waals surface area contributed by atoms with E-state index in [1.807, 2.05) is 6.92 Å². The van der Waals surface area contributed by atoms with Crippen molar-refractivity contribution in [2.75, 3.05) is 26.0 Å². The number of sulfonamides is 1. The van der Waals surface area contributed by atoms with E-state index in [4.69, 9.17) is 11.6 Å². The molecule has 10 heteroatoms. The first-order chi connectivity index (χ1) is 14.0. The molecule has 0 saturated carbocycles. The molecular formula is C20H25ClFN3O4S. The van der Waals surface area contributed by atoms with Crippen LogP contribution in [0.3, 0.4) is 0 Å². The number of halogens is 2. The Labute approximate surface area is 181 Å². The van der Waals surface area contributed by atoms with E-state index in [0.29, 0.717) is 22.1 Å². The first-order valence-corrected chi connectivity index (χ1v) is 11.2. The number of nitrogens with one attached hydrogen (secondary N) is 1. The SMILES string of the molecule is C=C(N/C(C1=CCN(S(=O)(=O)CCC(=O)OC)C[C@H]1C)=C(\C)Cl)c1ccc(F)cn1. The summed E-state index contributed by atoms with van der Waals surface area (Å²) in [6.45, 7) is 7.92. The van der Waals surface area contributed by atoms with Crippen molar-refractivity contribution in [3.63, 3.8) is 0 Å². The van der Waals surface area contributed by atoms with Crippen LogP contribution in [0, 0.1) is 11.7 Å². The highest BCUT2D eigenvalue weighted by molar-refractivity contribution is 7.89. The molecule has 0 fully saturated rings. The maximum absolute atomic E-state index is 13.1.